The van der Waals surface area contributed by atoms with E-state index in [4.69, 9.17) is 0 Å². The Balaban J connectivity index is 1.04. The molecular weight excluding hydrogens is 716 g/mol. The molecule has 1 N–H and O–H groups in total. The standard InChI is InChI=1S/C49H71FN2O3S/c1-34(2)42-39(53)32-49(51-25-26-52-27-29-56(54,55)30-28-52)24-23-46(6)38(43(42)49)13-14-41-45(5)19-17-37(44(3,4)40(45)18-20-47(41,46)7)36-15-21-48(33-50,22-16-36)31-35-11-9-8-10-12-35/h8-12,15,17,34,38,40-41,51H,13-14,16,18-33H2,1-7H3/t38-,40+,41-,45+,46-,47-,48+,49-/m1/s1. The molecule has 56 heavy (non-hydrogen) atoms. The van der Waals surface area contributed by atoms with Crippen LogP contribution in [-0.2, 0) is 21.1 Å². The first-order chi connectivity index (χ1) is 26.4. The number of benzene rings is 1. The molecule has 0 spiro atoms. The van der Waals surface area contributed by atoms with E-state index in [2.05, 4.69) is 95.1 Å². The molecule has 7 aliphatic rings. The summed E-state index contributed by atoms with van der Waals surface area (Å²) in [5.41, 5.74) is 6.85. The number of hydrogen-bond acceptors (Lipinski definition) is 5. The zero-order chi connectivity index (χ0) is 39.9. The van der Waals surface area contributed by atoms with Gasteiger partial charge >= 0.3 is 0 Å². The second-order valence-corrected chi connectivity index (χ2v) is 23.8. The predicted molar refractivity (Wildman–Crippen MR) is 227 cm³/mol. The lowest BCUT2D eigenvalue weighted by Crippen LogP contribution is -2.66. The van der Waals surface area contributed by atoms with Crippen molar-refractivity contribution in [2.75, 3.05) is 44.4 Å². The van der Waals surface area contributed by atoms with Crippen LogP contribution < -0.4 is 5.32 Å². The number of sulfone groups is 1. The highest BCUT2D eigenvalue weighted by molar-refractivity contribution is 7.91. The summed E-state index contributed by atoms with van der Waals surface area (Å²) in [6.45, 7) is 20.0. The minimum Gasteiger partial charge on any atom is -0.306 e. The van der Waals surface area contributed by atoms with Crippen LogP contribution in [-0.4, -0.2) is 69.0 Å². The van der Waals surface area contributed by atoms with Crippen molar-refractivity contribution in [2.45, 2.75) is 131 Å². The Morgan fingerprint density at radius 3 is 2.27 bits per heavy atom. The minimum absolute atomic E-state index is 0.0580. The number of nitrogens with zero attached hydrogens (tertiary/aromatic N) is 1. The number of rotatable bonds is 9. The molecule has 1 aromatic rings. The molecule has 5 nitrogen and oxygen atoms in total. The first kappa shape index (κ1) is 40.7. The number of allylic oxidation sites excluding steroid dienone is 5. The molecule has 3 saturated carbocycles. The van der Waals surface area contributed by atoms with Gasteiger partial charge in [-0.15, -0.1) is 0 Å². The number of nitrogens with one attached hydrogen (secondary N) is 1. The van der Waals surface area contributed by atoms with E-state index in [-0.39, 0.29) is 56.7 Å². The quantitative estimate of drug-likeness (QED) is 0.270. The molecule has 0 aromatic heterocycles. The Morgan fingerprint density at radius 1 is 0.875 bits per heavy atom. The Morgan fingerprint density at radius 2 is 1.61 bits per heavy atom. The topological polar surface area (TPSA) is 66.5 Å². The fraction of sp³-hybridized carbons (Fsp3) is 0.735. The van der Waals surface area contributed by atoms with Crippen LogP contribution in [0.1, 0.15) is 125 Å². The molecule has 1 aliphatic heterocycles. The Labute approximate surface area is 338 Å². The van der Waals surface area contributed by atoms with Gasteiger partial charge in [0.1, 0.15) is 0 Å². The number of carbonyl (C=O) groups excluding carboxylic acids is 1. The average Bonchev–Trinajstić information content (AvgIpc) is 3.45. The number of alkyl halides is 1. The maximum atomic E-state index is 14.8. The SMILES string of the molecule is CC(C)C1=C2[C@H]3CC[C@@H]4[C@@]5(C)CC=C(C6=CC[C@@](CF)(Cc7ccccc7)CC6)C(C)(C)[C@@H]5CC[C@@]4(C)[C@]3(C)CC[C@@]2(NCCN2CCS(=O)(=O)CC2)CC1=O. The Bertz CT molecular complexity index is 1900. The van der Waals surface area contributed by atoms with Gasteiger partial charge in [0, 0.05) is 43.6 Å². The van der Waals surface area contributed by atoms with E-state index in [9.17, 15) is 17.6 Å². The summed E-state index contributed by atoms with van der Waals surface area (Å²) in [5, 5.41) is 4.03. The van der Waals surface area contributed by atoms with Crippen LogP contribution in [0.3, 0.4) is 0 Å². The van der Waals surface area contributed by atoms with Crippen molar-refractivity contribution in [3.05, 3.63) is 70.3 Å². The first-order valence-electron chi connectivity index (χ1n) is 22.4. The highest BCUT2D eigenvalue weighted by Gasteiger charge is 2.69. The lowest BCUT2D eigenvalue weighted by molar-refractivity contribution is -0.196. The maximum absolute atomic E-state index is 14.8. The van der Waals surface area contributed by atoms with Crippen LogP contribution in [0.2, 0.25) is 0 Å². The lowest BCUT2D eigenvalue weighted by atomic mass is 9.33. The van der Waals surface area contributed by atoms with Gasteiger partial charge in [-0.2, -0.15) is 0 Å². The zero-order valence-electron chi connectivity index (χ0n) is 35.7. The van der Waals surface area contributed by atoms with Gasteiger partial charge in [-0.1, -0.05) is 91.0 Å². The van der Waals surface area contributed by atoms with E-state index in [0.717, 1.165) is 70.0 Å². The minimum atomic E-state index is -2.91. The van der Waals surface area contributed by atoms with Crippen LogP contribution >= 0.6 is 0 Å². The van der Waals surface area contributed by atoms with Gasteiger partial charge < -0.3 is 10.2 Å². The third kappa shape index (κ3) is 6.41. The van der Waals surface area contributed by atoms with Crippen molar-refractivity contribution in [3.8, 4) is 0 Å². The van der Waals surface area contributed by atoms with Crippen LogP contribution in [0.4, 0.5) is 4.39 Å². The predicted octanol–water partition coefficient (Wildman–Crippen LogP) is 9.88. The van der Waals surface area contributed by atoms with Gasteiger partial charge in [0.05, 0.1) is 18.2 Å². The molecule has 1 heterocycles. The first-order valence-corrected chi connectivity index (χ1v) is 24.2. The van der Waals surface area contributed by atoms with E-state index in [1.807, 2.05) is 6.07 Å². The molecule has 308 valence electrons. The van der Waals surface area contributed by atoms with Crippen LogP contribution in [0, 0.1) is 50.7 Å². The molecule has 6 aliphatic carbocycles. The summed E-state index contributed by atoms with van der Waals surface area (Å²) < 4.78 is 38.9. The summed E-state index contributed by atoms with van der Waals surface area (Å²) in [5.74, 6) is 2.68. The second kappa shape index (κ2) is 14.3. The van der Waals surface area contributed by atoms with E-state index >= 15 is 0 Å². The van der Waals surface area contributed by atoms with Gasteiger partial charge in [0.25, 0.3) is 0 Å². The van der Waals surface area contributed by atoms with E-state index in [0.29, 0.717) is 43.0 Å². The number of fused-ring (bicyclic) bond motifs is 7. The Hall–Kier alpha value is -2.09. The number of ketones is 1. The van der Waals surface area contributed by atoms with Gasteiger partial charge in [0.2, 0.25) is 0 Å². The fourth-order valence-electron chi connectivity index (χ4n) is 15.0. The number of hydrogen-bond donors (Lipinski definition) is 1. The highest BCUT2D eigenvalue weighted by atomic mass is 32.2. The largest absolute Gasteiger partial charge is 0.306 e. The van der Waals surface area contributed by atoms with Crippen LogP contribution in [0.15, 0.2) is 64.8 Å². The molecule has 8 rings (SSSR count). The van der Waals surface area contributed by atoms with Gasteiger partial charge in [0.15, 0.2) is 15.6 Å². The van der Waals surface area contributed by atoms with E-state index in [1.165, 1.54) is 36.0 Å². The summed E-state index contributed by atoms with van der Waals surface area (Å²) >= 11 is 0. The lowest BCUT2D eigenvalue weighted by Gasteiger charge is -2.71. The van der Waals surface area contributed by atoms with E-state index in [1.54, 1.807) is 5.57 Å². The van der Waals surface area contributed by atoms with Gasteiger partial charge in [-0.25, -0.2) is 8.42 Å². The van der Waals surface area contributed by atoms with Crippen molar-refractivity contribution in [1.29, 1.82) is 0 Å². The molecule has 4 fully saturated rings. The molecule has 0 unspecified atom stereocenters. The molecule has 0 radical (unpaired) electrons. The average molecular weight is 787 g/mol. The molecule has 8 atom stereocenters. The summed E-state index contributed by atoms with van der Waals surface area (Å²) in [7, 11) is -2.91. The Kier molecular flexibility index (Phi) is 10.4. The zero-order valence-corrected chi connectivity index (χ0v) is 36.6. The smallest absolute Gasteiger partial charge is 0.161 e. The van der Waals surface area contributed by atoms with Crippen LogP contribution in [0.25, 0.3) is 0 Å². The maximum Gasteiger partial charge on any atom is 0.161 e. The summed E-state index contributed by atoms with van der Waals surface area (Å²) in [6, 6.07) is 10.5. The molecule has 1 saturated heterocycles. The molecular formula is C49H71FN2O3S. The van der Waals surface area contributed by atoms with Crippen molar-refractivity contribution in [1.82, 2.24) is 10.2 Å². The van der Waals surface area contributed by atoms with Crippen LogP contribution in [0.5, 0.6) is 0 Å². The molecule has 0 bridgehead atoms. The molecule has 1 aromatic carbocycles. The highest BCUT2D eigenvalue weighted by Crippen LogP contribution is 2.76. The molecule has 0 amide bonds. The third-order valence-corrected chi connectivity index (χ3v) is 19.7. The molecule has 7 heteroatoms. The number of halogens is 1. The van der Waals surface area contributed by atoms with Crippen molar-refractivity contribution < 1.29 is 17.6 Å². The number of Topliss-reactive ketones (excluding diaryl/α,β-unsaturated/α-hetero) is 1. The summed E-state index contributed by atoms with van der Waals surface area (Å²) in [4.78, 5) is 16.4. The summed E-state index contributed by atoms with van der Waals surface area (Å²) in [6.07, 6.45) is 17.3. The second-order valence-electron chi connectivity index (χ2n) is 21.5. The van der Waals surface area contributed by atoms with Crippen molar-refractivity contribution >= 4 is 15.6 Å². The fourth-order valence-corrected chi connectivity index (χ4v) is 16.2. The van der Waals surface area contributed by atoms with Gasteiger partial charge in [-0.3, -0.25) is 9.18 Å². The van der Waals surface area contributed by atoms with Gasteiger partial charge in [-0.05, 0) is 144 Å². The normalized spacial score (nSPS) is 40.7. The van der Waals surface area contributed by atoms with E-state index < -0.39 is 9.84 Å². The monoisotopic (exact) mass is 787 g/mol. The van der Waals surface area contributed by atoms with Crippen molar-refractivity contribution in [3.63, 3.8) is 0 Å². The third-order valence-electron chi connectivity index (χ3n) is 18.1. The number of carbonyl (C=O) groups is 1. The van der Waals surface area contributed by atoms with Crippen molar-refractivity contribution in [2.24, 2.45) is 50.7 Å².